The third-order valence-corrected chi connectivity index (χ3v) is 3.55. The van der Waals surface area contributed by atoms with Crippen LogP contribution in [0.2, 0.25) is 0 Å². The minimum Gasteiger partial charge on any atom is -0.397 e. The van der Waals surface area contributed by atoms with Gasteiger partial charge in [0.05, 0.1) is 23.0 Å². The summed E-state index contributed by atoms with van der Waals surface area (Å²) in [5, 5.41) is 17.8. The van der Waals surface area contributed by atoms with Crippen molar-refractivity contribution < 1.29 is 5.11 Å². The molecule has 1 aromatic rings. The van der Waals surface area contributed by atoms with Gasteiger partial charge in [-0.05, 0) is 43.4 Å². The van der Waals surface area contributed by atoms with Crippen molar-refractivity contribution in [3.8, 4) is 6.07 Å². The van der Waals surface area contributed by atoms with Gasteiger partial charge in [0.25, 0.3) is 0 Å². The Morgan fingerprint density at radius 2 is 2.33 bits per heavy atom. The number of nitrogens with zero attached hydrogens (tertiary/aromatic N) is 2. The Morgan fingerprint density at radius 3 is 3.00 bits per heavy atom. The molecule has 1 aliphatic heterocycles. The van der Waals surface area contributed by atoms with E-state index in [2.05, 4.69) is 11.0 Å². The molecule has 0 radical (unpaired) electrons. The van der Waals surface area contributed by atoms with Crippen LogP contribution in [0.25, 0.3) is 0 Å². The van der Waals surface area contributed by atoms with E-state index in [9.17, 15) is 0 Å². The monoisotopic (exact) mass is 245 g/mol. The number of anilines is 2. The second kappa shape index (κ2) is 5.74. The fourth-order valence-electron chi connectivity index (χ4n) is 2.61. The molecule has 0 bridgehead atoms. The number of piperidine rings is 1. The van der Waals surface area contributed by atoms with E-state index in [1.165, 1.54) is 6.42 Å². The summed E-state index contributed by atoms with van der Waals surface area (Å²) in [5.41, 5.74) is 8.28. The van der Waals surface area contributed by atoms with Crippen molar-refractivity contribution in [2.24, 2.45) is 5.92 Å². The second-order valence-corrected chi connectivity index (χ2v) is 4.85. The molecule has 1 unspecified atom stereocenters. The maximum atomic E-state index is 9.02. The van der Waals surface area contributed by atoms with Gasteiger partial charge in [0.2, 0.25) is 0 Å². The molecule has 0 saturated carbocycles. The lowest BCUT2D eigenvalue weighted by atomic mass is 9.94. The molecule has 1 fully saturated rings. The van der Waals surface area contributed by atoms with Gasteiger partial charge in [-0.2, -0.15) is 5.26 Å². The molecule has 4 nitrogen and oxygen atoms in total. The van der Waals surface area contributed by atoms with Crippen LogP contribution in [0.15, 0.2) is 18.2 Å². The minimum atomic E-state index is 0.251. The van der Waals surface area contributed by atoms with E-state index in [-0.39, 0.29) is 6.61 Å². The normalized spacial score (nSPS) is 19.6. The van der Waals surface area contributed by atoms with Gasteiger partial charge in [-0.1, -0.05) is 0 Å². The zero-order valence-corrected chi connectivity index (χ0v) is 10.5. The topological polar surface area (TPSA) is 73.3 Å². The van der Waals surface area contributed by atoms with Gasteiger partial charge in [0, 0.05) is 19.7 Å². The molecular weight excluding hydrogens is 226 g/mol. The fourth-order valence-corrected chi connectivity index (χ4v) is 2.61. The molecule has 1 saturated heterocycles. The molecule has 3 N–H and O–H groups in total. The molecule has 4 heteroatoms. The SMILES string of the molecule is N#Cc1ccc(N2CCCC(CCO)C2)c(N)c1. The molecule has 0 aliphatic carbocycles. The number of nitriles is 1. The van der Waals surface area contributed by atoms with E-state index in [0.29, 0.717) is 17.2 Å². The van der Waals surface area contributed by atoms with Gasteiger partial charge in [-0.3, -0.25) is 0 Å². The number of nitrogen functional groups attached to an aromatic ring is 1. The lowest BCUT2D eigenvalue weighted by Crippen LogP contribution is -2.36. The van der Waals surface area contributed by atoms with Gasteiger partial charge in [-0.15, -0.1) is 0 Å². The first-order chi connectivity index (χ1) is 8.74. The van der Waals surface area contributed by atoms with Crippen molar-refractivity contribution >= 4 is 11.4 Å². The van der Waals surface area contributed by atoms with Gasteiger partial charge >= 0.3 is 0 Å². The number of aliphatic hydroxyl groups excluding tert-OH is 1. The lowest BCUT2D eigenvalue weighted by Gasteiger charge is -2.35. The van der Waals surface area contributed by atoms with Crippen LogP contribution in [0.4, 0.5) is 11.4 Å². The average molecular weight is 245 g/mol. The molecule has 96 valence electrons. The van der Waals surface area contributed by atoms with E-state index >= 15 is 0 Å². The van der Waals surface area contributed by atoms with Crippen molar-refractivity contribution in [2.45, 2.75) is 19.3 Å². The largest absolute Gasteiger partial charge is 0.397 e. The second-order valence-electron chi connectivity index (χ2n) is 4.85. The maximum Gasteiger partial charge on any atom is 0.0992 e. The summed E-state index contributed by atoms with van der Waals surface area (Å²) in [6.45, 7) is 2.19. The molecule has 1 heterocycles. The Morgan fingerprint density at radius 1 is 1.50 bits per heavy atom. The highest BCUT2D eigenvalue weighted by Gasteiger charge is 2.21. The zero-order chi connectivity index (χ0) is 13.0. The maximum absolute atomic E-state index is 9.02. The third kappa shape index (κ3) is 2.74. The van der Waals surface area contributed by atoms with Crippen LogP contribution in [0.1, 0.15) is 24.8 Å². The number of hydrogen-bond acceptors (Lipinski definition) is 4. The molecule has 1 atom stereocenters. The van der Waals surface area contributed by atoms with Crippen molar-refractivity contribution in [3.63, 3.8) is 0 Å². The molecule has 0 aromatic heterocycles. The van der Waals surface area contributed by atoms with E-state index < -0.39 is 0 Å². The molecule has 0 amide bonds. The van der Waals surface area contributed by atoms with Crippen LogP contribution < -0.4 is 10.6 Å². The Hall–Kier alpha value is -1.73. The van der Waals surface area contributed by atoms with Crippen LogP contribution in [-0.2, 0) is 0 Å². The summed E-state index contributed by atoms with van der Waals surface area (Å²) in [6, 6.07) is 7.56. The first-order valence-electron chi connectivity index (χ1n) is 6.40. The van der Waals surface area contributed by atoms with E-state index in [4.69, 9.17) is 16.1 Å². The van der Waals surface area contributed by atoms with Crippen LogP contribution in [0.3, 0.4) is 0 Å². The number of rotatable bonds is 3. The summed E-state index contributed by atoms with van der Waals surface area (Å²) >= 11 is 0. The number of hydrogen-bond donors (Lipinski definition) is 2. The van der Waals surface area contributed by atoms with Crippen LogP contribution in [0.5, 0.6) is 0 Å². The molecule has 1 aromatic carbocycles. The summed E-state index contributed by atoms with van der Waals surface area (Å²) in [4.78, 5) is 2.26. The van der Waals surface area contributed by atoms with E-state index in [1.54, 1.807) is 12.1 Å². The van der Waals surface area contributed by atoms with Gasteiger partial charge in [0.15, 0.2) is 0 Å². The van der Waals surface area contributed by atoms with Crippen LogP contribution in [-0.4, -0.2) is 24.8 Å². The summed E-state index contributed by atoms with van der Waals surface area (Å²) in [5.74, 6) is 0.541. The molecular formula is C14H19N3O. The number of aliphatic hydroxyl groups is 1. The Balaban J connectivity index is 2.13. The molecule has 1 aliphatic rings. The number of benzene rings is 1. The van der Waals surface area contributed by atoms with Crippen molar-refractivity contribution in [2.75, 3.05) is 30.3 Å². The standard InChI is InChI=1S/C14H19N3O/c15-9-12-3-4-14(13(16)8-12)17-6-1-2-11(10-17)5-7-18/h3-4,8,11,18H,1-2,5-7,10,16H2. The minimum absolute atomic E-state index is 0.251. The smallest absolute Gasteiger partial charge is 0.0992 e. The molecule has 2 rings (SSSR count). The Labute approximate surface area is 108 Å². The van der Waals surface area contributed by atoms with Crippen molar-refractivity contribution in [1.29, 1.82) is 5.26 Å². The highest BCUT2D eigenvalue weighted by atomic mass is 16.3. The Kier molecular flexibility index (Phi) is 4.06. The van der Waals surface area contributed by atoms with Crippen molar-refractivity contribution in [3.05, 3.63) is 23.8 Å². The van der Waals surface area contributed by atoms with E-state index in [1.807, 2.05) is 6.07 Å². The fraction of sp³-hybridized carbons (Fsp3) is 0.500. The van der Waals surface area contributed by atoms with Gasteiger partial charge < -0.3 is 15.7 Å². The van der Waals surface area contributed by atoms with Crippen molar-refractivity contribution in [1.82, 2.24) is 0 Å². The lowest BCUT2D eigenvalue weighted by molar-refractivity contribution is 0.244. The van der Waals surface area contributed by atoms with Gasteiger partial charge in [0.1, 0.15) is 0 Å². The predicted molar refractivity (Wildman–Crippen MR) is 72.2 cm³/mol. The predicted octanol–water partition coefficient (Wildman–Crippen LogP) is 1.74. The quantitative estimate of drug-likeness (QED) is 0.795. The molecule has 0 spiro atoms. The average Bonchev–Trinajstić information content (AvgIpc) is 2.39. The highest BCUT2D eigenvalue weighted by Crippen LogP contribution is 2.29. The van der Waals surface area contributed by atoms with Crippen LogP contribution in [0, 0.1) is 17.2 Å². The first kappa shape index (κ1) is 12.7. The van der Waals surface area contributed by atoms with Crippen LogP contribution >= 0.6 is 0 Å². The first-order valence-corrected chi connectivity index (χ1v) is 6.40. The number of nitrogens with two attached hydrogens (primary N) is 1. The summed E-state index contributed by atoms with van der Waals surface area (Å²) in [7, 11) is 0. The molecule has 18 heavy (non-hydrogen) atoms. The van der Waals surface area contributed by atoms with E-state index in [0.717, 1.165) is 31.6 Å². The summed E-state index contributed by atoms with van der Waals surface area (Å²) in [6.07, 6.45) is 3.16. The third-order valence-electron chi connectivity index (χ3n) is 3.55. The van der Waals surface area contributed by atoms with Gasteiger partial charge in [-0.25, -0.2) is 0 Å². The Bertz CT molecular complexity index is 451. The zero-order valence-electron chi connectivity index (χ0n) is 10.5. The summed E-state index contributed by atoms with van der Waals surface area (Å²) < 4.78 is 0. The highest BCUT2D eigenvalue weighted by molar-refractivity contribution is 5.69.